The van der Waals surface area contributed by atoms with E-state index in [1.165, 1.54) is 7.11 Å². The van der Waals surface area contributed by atoms with Crippen LogP contribution in [-0.2, 0) is 14.2 Å². The molecule has 1 saturated heterocycles. The van der Waals surface area contributed by atoms with Gasteiger partial charge in [0.1, 0.15) is 30.4 Å². The zero-order valence-electron chi connectivity index (χ0n) is 22.2. The van der Waals surface area contributed by atoms with Gasteiger partial charge in [-0.25, -0.2) is 19.6 Å². The number of ether oxygens (including phenoxy) is 3. The number of fused-ring (bicyclic) bond motifs is 1. The van der Waals surface area contributed by atoms with Gasteiger partial charge in [0, 0.05) is 18.0 Å². The molecule has 0 radical (unpaired) electrons. The molecule has 3 atom stereocenters. The molecule has 0 spiro atoms. The van der Waals surface area contributed by atoms with E-state index >= 15 is 0 Å². The molecule has 3 aromatic heterocycles. The molecule has 40 heavy (non-hydrogen) atoms. The molecular formula is C31H27N3O5S. The minimum Gasteiger partial charge on any atom is -0.465 e. The second-order valence-corrected chi connectivity index (χ2v) is 10.7. The first-order valence-corrected chi connectivity index (χ1v) is 13.8. The first kappa shape index (κ1) is 25.9. The van der Waals surface area contributed by atoms with Crippen LogP contribution in [0, 0.1) is 13.8 Å². The molecule has 0 bridgehead atoms. The Kier molecular flexibility index (Phi) is 6.91. The Hall–Kier alpha value is -4.34. The predicted octanol–water partition coefficient (Wildman–Crippen LogP) is 6.45. The van der Waals surface area contributed by atoms with Gasteiger partial charge in [-0.15, -0.1) is 11.3 Å². The summed E-state index contributed by atoms with van der Waals surface area (Å²) in [5.41, 5.74) is 4.98. The van der Waals surface area contributed by atoms with E-state index in [-0.39, 0.29) is 0 Å². The van der Waals surface area contributed by atoms with Crippen LogP contribution in [0.5, 0.6) is 0 Å². The Morgan fingerprint density at radius 2 is 1.80 bits per heavy atom. The van der Waals surface area contributed by atoms with E-state index in [9.17, 15) is 9.59 Å². The highest BCUT2D eigenvalue weighted by molar-refractivity contribution is 7.13. The number of thiophene rings is 1. The smallest absolute Gasteiger partial charge is 0.338 e. The summed E-state index contributed by atoms with van der Waals surface area (Å²) >= 11 is 1.61. The maximum Gasteiger partial charge on any atom is 0.338 e. The van der Waals surface area contributed by atoms with Crippen LogP contribution in [0.1, 0.15) is 56.2 Å². The Labute approximate surface area is 235 Å². The SMILES string of the molecule is COC(=O)c1ccc(C)cc1[C@H]1O[C@@H](n2ccc3c(-c4cccs4)ncnc32)C[C@@H]1OC(=O)c1ccc(C)cc1. The van der Waals surface area contributed by atoms with Gasteiger partial charge in [0.2, 0.25) is 0 Å². The molecule has 9 heteroatoms. The number of carbonyl (C=O) groups is 2. The fourth-order valence-electron chi connectivity index (χ4n) is 5.12. The van der Waals surface area contributed by atoms with Crippen LogP contribution in [-0.4, -0.2) is 39.7 Å². The summed E-state index contributed by atoms with van der Waals surface area (Å²) in [7, 11) is 1.34. The Morgan fingerprint density at radius 3 is 2.55 bits per heavy atom. The van der Waals surface area contributed by atoms with Gasteiger partial charge in [-0.3, -0.25) is 0 Å². The molecule has 0 amide bonds. The molecule has 1 fully saturated rings. The fourth-order valence-corrected chi connectivity index (χ4v) is 5.85. The van der Waals surface area contributed by atoms with Gasteiger partial charge in [-0.05, 0) is 55.1 Å². The highest BCUT2D eigenvalue weighted by Crippen LogP contribution is 2.43. The Balaban J connectivity index is 1.39. The summed E-state index contributed by atoms with van der Waals surface area (Å²) in [6.45, 7) is 3.90. The van der Waals surface area contributed by atoms with Crippen molar-refractivity contribution in [3.05, 3.63) is 106 Å². The molecular weight excluding hydrogens is 526 g/mol. The first-order chi connectivity index (χ1) is 19.4. The standard InChI is InChI=1S/C31H27N3O5S/c1-18-6-9-20(10-7-18)30(35)38-24-16-26(39-28(24)23-15-19(2)8-11-21(23)31(36)37-3)34-13-12-22-27(25-5-4-14-40-25)32-17-33-29(22)34/h4-15,17,24,26,28H,16H2,1-3H3/t24-,26+,28+/m0/s1. The van der Waals surface area contributed by atoms with E-state index in [0.29, 0.717) is 28.8 Å². The van der Waals surface area contributed by atoms with Crippen LogP contribution in [0.25, 0.3) is 21.6 Å². The monoisotopic (exact) mass is 553 g/mol. The van der Waals surface area contributed by atoms with Crippen molar-refractivity contribution in [3.8, 4) is 10.6 Å². The third-order valence-corrected chi connectivity index (χ3v) is 7.99. The summed E-state index contributed by atoms with van der Waals surface area (Å²) in [4.78, 5) is 36.1. The quantitative estimate of drug-likeness (QED) is 0.223. The third kappa shape index (κ3) is 4.78. The van der Waals surface area contributed by atoms with Crippen molar-refractivity contribution < 1.29 is 23.8 Å². The normalized spacial score (nSPS) is 18.6. The molecule has 202 valence electrons. The van der Waals surface area contributed by atoms with Crippen LogP contribution in [0.4, 0.5) is 0 Å². The van der Waals surface area contributed by atoms with E-state index in [2.05, 4.69) is 9.97 Å². The maximum absolute atomic E-state index is 13.2. The number of esters is 2. The van der Waals surface area contributed by atoms with Crippen molar-refractivity contribution in [1.29, 1.82) is 0 Å². The minimum atomic E-state index is -0.704. The Morgan fingerprint density at radius 1 is 1.00 bits per heavy atom. The molecule has 6 rings (SSSR count). The number of carbonyl (C=O) groups excluding carboxylic acids is 2. The van der Waals surface area contributed by atoms with Crippen LogP contribution in [0.2, 0.25) is 0 Å². The summed E-state index contributed by atoms with van der Waals surface area (Å²) < 4.78 is 19.7. The molecule has 2 aromatic carbocycles. The molecule has 4 heterocycles. The number of hydrogen-bond acceptors (Lipinski definition) is 8. The number of methoxy groups -OCH3 is 1. The lowest BCUT2D eigenvalue weighted by molar-refractivity contribution is -0.0291. The van der Waals surface area contributed by atoms with Crippen molar-refractivity contribution in [1.82, 2.24) is 14.5 Å². The highest BCUT2D eigenvalue weighted by Gasteiger charge is 2.42. The number of aromatic nitrogens is 3. The lowest BCUT2D eigenvalue weighted by atomic mass is 9.96. The van der Waals surface area contributed by atoms with Gasteiger partial charge in [0.05, 0.1) is 28.8 Å². The topological polar surface area (TPSA) is 92.5 Å². The van der Waals surface area contributed by atoms with Crippen molar-refractivity contribution in [2.24, 2.45) is 0 Å². The summed E-state index contributed by atoms with van der Waals surface area (Å²) in [5, 5.41) is 2.91. The minimum absolute atomic E-state index is 0.360. The highest BCUT2D eigenvalue weighted by atomic mass is 32.1. The van der Waals surface area contributed by atoms with Gasteiger partial charge in [0.15, 0.2) is 0 Å². The van der Waals surface area contributed by atoms with Crippen molar-refractivity contribution in [2.45, 2.75) is 38.7 Å². The van der Waals surface area contributed by atoms with Crippen LogP contribution < -0.4 is 0 Å². The molecule has 1 aliphatic heterocycles. The fraction of sp³-hybridized carbons (Fsp3) is 0.226. The van der Waals surface area contributed by atoms with Crippen molar-refractivity contribution in [2.75, 3.05) is 7.11 Å². The first-order valence-electron chi connectivity index (χ1n) is 12.9. The average Bonchev–Trinajstić information content (AvgIpc) is 3.73. The molecule has 0 saturated carbocycles. The largest absolute Gasteiger partial charge is 0.465 e. The third-order valence-electron chi connectivity index (χ3n) is 7.11. The number of aryl methyl sites for hydroxylation is 2. The van der Waals surface area contributed by atoms with Gasteiger partial charge in [0.25, 0.3) is 0 Å². The molecule has 0 aliphatic carbocycles. The lowest BCUT2D eigenvalue weighted by Gasteiger charge is -2.22. The second kappa shape index (κ2) is 10.7. The lowest BCUT2D eigenvalue weighted by Crippen LogP contribution is -2.23. The van der Waals surface area contributed by atoms with E-state index in [1.807, 2.05) is 72.5 Å². The second-order valence-electron chi connectivity index (χ2n) is 9.80. The summed E-state index contributed by atoms with van der Waals surface area (Å²) in [6.07, 6.45) is 1.95. The van der Waals surface area contributed by atoms with Gasteiger partial charge in [-0.2, -0.15) is 0 Å². The summed E-state index contributed by atoms with van der Waals surface area (Å²) in [5.74, 6) is -0.934. The van der Waals surface area contributed by atoms with E-state index in [4.69, 9.17) is 14.2 Å². The predicted molar refractivity (Wildman–Crippen MR) is 151 cm³/mol. The molecule has 0 N–H and O–H groups in total. The zero-order valence-corrected chi connectivity index (χ0v) is 23.1. The van der Waals surface area contributed by atoms with Crippen LogP contribution in [0.15, 0.2) is 78.6 Å². The molecule has 8 nitrogen and oxygen atoms in total. The average molecular weight is 554 g/mol. The van der Waals surface area contributed by atoms with Crippen LogP contribution in [0.3, 0.4) is 0 Å². The summed E-state index contributed by atoms with van der Waals surface area (Å²) in [6, 6.07) is 18.7. The number of rotatable bonds is 6. The van der Waals surface area contributed by atoms with E-state index < -0.39 is 30.4 Å². The number of nitrogens with zero attached hydrogens (tertiary/aromatic N) is 3. The number of hydrogen-bond donors (Lipinski definition) is 0. The van der Waals surface area contributed by atoms with Gasteiger partial charge < -0.3 is 18.8 Å². The van der Waals surface area contributed by atoms with E-state index in [0.717, 1.165) is 27.1 Å². The zero-order chi connectivity index (χ0) is 27.8. The number of benzene rings is 2. The van der Waals surface area contributed by atoms with Crippen molar-refractivity contribution in [3.63, 3.8) is 0 Å². The molecule has 0 unspecified atom stereocenters. The van der Waals surface area contributed by atoms with Gasteiger partial charge in [-0.1, -0.05) is 41.5 Å². The Bertz CT molecular complexity index is 1690. The van der Waals surface area contributed by atoms with Gasteiger partial charge >= 0.3 is 11.9 Å². The van der Waals surface area contributed by atoms with Crippen molar-refractivity contribution >= 4 is 34.3 Å². The molecule has 1 aliphatic rings. The molecule has 5 aromatic rings. The van der Waals surface area contributed by atoms with E-state index in [1.54, 1.807) is 35.9 Å². The maximum atomic E-state index is 13.2. The van der Waals surface area contributed by atoms with Crippen LogP contribution >= 0.6 is 11.3 Å².